The Balaban J connectivity index is 1.90. The van der Waals surface area contributed by atoms with Crippen molar-refractivity contribution in [1.29, 1.82) is 0 Å². The molecule has 0 aliphatic heterocycles. The van der Waals surface area contributed by atoms with Gasteiger partial charge in [-0.15, -0.1) is 16.4 Å². The van der Waals surface area contributed by atoms with Crippen LogP contribution in [-0.4, -0.2) is 48.5 Å². The Morgan fingerprint density at radius 3 is 2.65 bits per heavy atom. The summed E-state index contributed by atoms with van der Waals surface area (Å²) in [5, 5.41) is 5.41. The van der Waals surface area contributed by atoms with Crippen LogP contribution >= 0.6 is 11.3 Å². The third-order valence-corrected chi connectivity index (χ3v) is 5.64. The monoisotopic (exact) mass is 366 g/mol. The van der Waals surface area contributed by atoms with Crippen molar-refractivity contribution in [2.75, 3.05) is 13.1 Å². The molecular weight excluding hydrogens is 348 g/mol. The highest BCUT2D eigenvalue weighted by Gasteiger charge is 2.22. The van der Waals surface area contributed by atoms with Gasteiger partial charge in [0, 0.05) is 31.0 Å². The predicted octanol–water partition coefficient (Wildman–Crippen LogP) is 3.19. The number of amides is 1. The van der Waals surface area contributed by atoms with Gasteiger partial charge in [0.15, 0.2) is 11.5 Å². The average molecular weight is 366 g/mol. The fourth-order valence-electron chi connectivity index (χ4n) is 3.02. The van der Waals surface area contributed by atoms with Crippen LogP contribution in [0.25, 0.3) is 27.3 Å². The standard InChI is InChI=1S/C18H18N6OS/c1-4-23(5-2)18(25)14-11(3)13-16-21-15(12-6-8-19-9-7-12)22-24(16)10-20-17(13)26-14/h6-10H,4-5H2,1-3H3. The largest absolute Gasteiger partial charge is 0.338 e. The summed E-state index contributed by atoms with van der Waals surface area (Å²) < 4.78 is 1.67. The van der Waals surface area contributed by atoms with E-state index in [1.165, 1.54) is 11.3 Å². The van der Waals surface area contributed by atoms with Crippen molar-refractivity contribution in [3.8, 4) is 11.4 Å². The van der Waals surface area contributed by atoms with Gasteiger partial charge in [-0.05, 0) is 38.5 Å². The smallest absolute Gasteiger partial charge is 0.264 e. The van der Waals surface area contributed by atoms with Crippen molar-refractivity contribution in [3.05, 3.63) is 41.3 Å². The fraction of sp³-hybridized carbons (Fsp3) is 0.278. The van der Waals surface area contributed by atoms with E-state index in [1.54, 1.807) is 23.2 Å². The number of aromatic nitrogens is 5. The quantitative estimate of drug-likeness (QED) is 0.554. The van der Waals surface area contributed by atoms with Crippen molar-refractivity contribution in [1.82, 2.24) is 29.5 Å². The molecule has 1 amide bonds. The van der Waals surface area contributed by atoms with E-state index in [0.717, 1.165) is 26.2 Å². The van der Waals surface area contributed by atoms with Gasteiger partial charge in [-0.3, -0.25) is 9.78 Å². The van der Waals surface area contributed by atoms with Crippen LogP contribution in [-0.2, 0) is 0 Å². The average Bonchev–Trinajstić information content (AvgIpc) is 3.24. The van der Waals surface area contributed by atoms with Gasteiger partial charge >= 0.3 is 0 Å². The first-order valence-electron chi connectivity index (χ1n) is 8.48. The third kappa shape index (κ3) is 2.53. The predicted molar refractivity (Wildman–Crippen MR) is 101 cm³/mol. The zero-order chi connectivity index (χ0) is 18.3. The zero-order valence-electron chi connectivity index (χ0n) is 14.8. The molecule has 0 fully saturated rings. The number of thiophene rings is 1. The van der Waals surface area contributed by atoms with E-state index in [1.807, 2.05) is 37.8 Å². The van der Waals surface area contributed by atoms with E-state index in [2.05, 4.69) is 15.1 Å². The summed E-state index contributed by atoms with van der Waals surface area (Å²) in [6, 6.07) is 3.74. The molecule has 4 aromatic rings. The number of carbonyl (C=O) groups is 1. The van der Waals surface area contributed by atoms with E-state index >= 15 is 0 Å². The minimum atomic E-state index is 0.0440. The van der Waals surface area contributed by atoms with Crippen LogP contribution in [0.15, 0.2) is 30.9 Å². The van der Waals surface area contributed by atoms with E-state index in [9.17, 15) is 4.79 Å². The number of nitrogens with zero attached hydrogens (tertiary/aromatic N) is 6. The molecule has 0 saturated heterocycles. The van der Waals surface area contributed by atoms with E-state index in [4.69, 9.17) is 4.98 Å². The van der Waals surface area contributed by atoms with Crippen molar-refractivity contribution >= 4 is 33.1 Å². The molecule has 0 aliphatic carbocycles. The Kier molecular flexibility index (Phi) is 4.12. The summed E-state index contributed by atoms with van der Waals surface area (Å²) in [4.78, 5) is 29.4. The normalized spacial score (nSPS) is 11.3. The van der Waals surface area contributed by atoms with E-state index < -0.39 is 0 Å². The van der Waals surface area contributed by atoms with Crippen molar-refractivity contribution in [3.63, 3.8) is 0 Å². The maximum atomic E-state index is 12.8. The van der Waals surface area contributed by atoms with Crippen LogP contribution in [0.5, 0.6) is 0 Å². The van der Waals surface area contributed by atoms with Crippen LogP contribution in [0.3, 0.4) is 0 Å². The highest BCUT2D eigenvalue weighted by molar-refractivity contribution is 7.20. The molecule has 0 bridgehead atoms. The maximum Gasteiger partial charge on any atom is 0.264 e. The maximum absolute atomic E-state index is 12.8. The van der Waals surface area contributed by atoms with Gasteiger partial charge in [0.2, 0.25) is 0 Å². The highest BCUT2D eigenvalue weighted by Crippen LogP contribution is 2.33. The molecule has 0 unspecified atom stereocenters. The molecular formula is C18H18N6OS. The number of aryl methyl sites for hydroxylation is 1. The molecule has 0 aliphatic rings. The second-order valence-corrected chi connectivity index (χ2v) is 6.90. The number of carbonyl (C=O) groups excluding carboxylic acids is 1. The molecule has 26 heavy (non-hydrogen) atoms. The minimum Gasteiger partial charge on any atom is -0.338 e. The molecule has 4 rings (SSSR count). The molecule has 0 radical (unpaired) electrons. The molecule has 0 N–H and O–H groups in total. The lowest BCUT2D eigenvalue weighted by Crippen LogP contribution is -2.30. The van der Waals surface area contributed by atoms with Gasteiger partial charge in [0.1, 0.15) is 11.2 Å². The summed E-state index contributed by atoms with van der Waals surface area (Å²) in [5.74, 6) is 0.659. The Labute approximate surface area is 154 Å². The molecule has 0 spiro atoms. The summed E-state index contributed by atoms with van der Waals surface area (Å²) >= 11 is 1.42. The molecule has 0 aromatic carbocycles. The number of hydrogen-bond donors (Lipinski definition) is 0. The third-order valence-electron chi connectivity index (χ3n) is 4.45. The Bertz CT molecular complexity index is 1100. The van der Waals surface area contributed by atoms with Gasteiger partial charge < -0.3 is 4.90 Å². The van der Waals surface area contributed by atoms with Crippen LogP contribution < -0.4 is 0 Å². The van der Waals surface area contributed by atoms with Crippen LogP contribution in [0.2, 0.25) is 0 Å². The number of pyridine rings is 1. The first kappa shape index (κ1) is 16.6. The first-order valence-corrected chi connectivity index (χ1v) is 9.29. The summed E-state index contributed by atoms with van der Waals surface area (Å²) in [5.41, 5.74) is 2.52. The van der Waals surface area contributed by atoms with Gasteiger partial charge in [-0.2, -0.15) is 0 Å². The summed E-state index contributed by atoms with van der Waals surface area (Å²) in [6.07, 6.45) is 5.08. The molecule has 4 aromatic heterocycles. The van der Waals surface area contributed by atoms with Gasteiger partial charge in [0.05, 0.1) is 10.3 Å². The Morgan fingerprint density at radius 2 is 1.96 bits per heavy atom. The van der Waals surface area contributed by atoms with Crippen molar-refractivity contribution < 1.29 is 4.79 Å². The van der Waals surface area contributed by atoms with Gasteiger partial charge in [-0.1, -0.05) is 0 Å². The number of fused-ring (bicyclic) bond motifs is 3. The molecule has 8 heteroatoms. The lowest BCUT2D eigenvalue weighted by molar-refractivity contribution is 0.0777. The Hall–Kier alpha value is -2.87. The number of rotatable bonds is 4. The second-order valence-electron chi connectivity index (χ2n) is 5.90. The molecule has 0 saturated carbocycles. The lowest BCUT2D eigenvalue weighted by Gasteiger charge is -2.17. The zero-order valence-corrected chi connectivity index (χ0v) is 15.6. The topological polar surface area (TPSA) is 76.3 Å². The fourth-order valence-corrected chi connectivity index (χ4v) is 4.13. The van der Waals surface area contributed by atoms with Crippen molar-refractivity contribution in [2.45, 2.75) is 20.8 Å². The SMILES string of the molecule is CCN(CC)C(=O)c1sc2ncn3nc(-c4ccncc4)nc3c2c1C. The molecule has 7 nitrogen and oxygen atoms in total. The summed E-state index contributed by atoms with van der Waals surface area (Å²) in [7, 11) is 0. The molecule has 4 heterocycles. The Morgan fingerprint density at radius 1 is 1.23 bits per heavy atom. The van der Waals surface area contributed by atoms with E-state index in [0.29, 0.717) is 24.6 Å². The van der Waals surface area contributed by atoms with Crippen LogP contribution in [0.1, 0.15) is 29.1 Å². The molecule has 0 atom stereocenters. The van der Waals surface area contributed by atoms with Crippen molar-refractivity contribution in [2.24, 2.45) is 0 Å². The lowest BCUT2D eigenvalue weighted by atomic mass is 10.2. The highest BCUT2D eigenvalue weighted by atomic mass is 32.1. The van der Waals surface area contributed by atoms with Gasteiger partial charge in [0.25, 0.3) is 5.91 Å². The van der Waals surface area contributed by atoms with Gasteiger partial charge in [-0.25, -0.2) is 14.5 Å². The summed E-state index contributed by atoms with van der Waals surface area (Å²) in [6.45, 7) is 7.30. The molecule has 132 valence electrons. The number of hydrogen-bond acceptors (Lipinski definition) is 6. The van der Waals surface area contributed by atoms with E-state index in [-0.39, 0.29) is 5.91 Å². The first-order chi connectivity index (χ1) is 12.6. The minimum absolute atomic E-state index is 0.0440. The van der Waals surface area contributed by atoms with Crippen LogP contribution in [0, 0.1) is 6.92 Å². The second kappa shape index (κ2) is 6.45. The van der Waals surface area contributed by atoms with Crippen LogP contribution in [0.4, 0.5) is 0 Å².